The number of carbonyl (C=O) groups excluding carboxylic acids is 1. The van der Waals surface area contributed by atoms with Gasteiger partial charge in [0.2, 0.25) is 5.91 Å². The van der Waals surface area contributed by atoms with Gasteiger partial charge >= 0.3 is 15.6 Å². The predicted octanol–water partition coefficient (Wildman–Crippen LogP) is 2.62. The van der Waals surface area contributed by atoms with Gasteiger partial charge in [-0.2, -0.15) is 21.6 Å². The number of benzene rings is 1. The first-order chi connectivity index (χ1) is 12.6. The number of alkyl halides is 3. The van der Waals surface area contributed by atoms with Crippen LogP contribution < -0.4 is 9.50 Å². The summed E-state index contributed by atoms with van der Waals surface area (Å²) in [7, 11) is -5.71. The zero-order valence-corrected chi connectivity index (χ0v) is 15.8. The third-order valence-electron chi connectivity index (χ3n) is 4.41. The van der Waals surface area contributed by atoms with Crippen molar-refractivity contribution in [3.63, 3.8) is 0 Å². The number of carbonyl (C=O) groups is 1. The molecule has 6 nitrogen and oxygen atoms in total. The van der Waals surface area contributed by atoms with E-state index in [1.165, 1.54) is 25.0 Å². The SMILES string of the molecule is C[C@@H](C(=O)NCCCN1CCCC1)c1ccc(OS(=O)(=O)C(F)(F)F)cc1. The lowest BCUT2D eigenvalue weighted by molar-refractivity contribution is -0.122. The second-order valence-electron chi connectivity index (χ2n) is 6.47. The van der Waals surface area contributed by atoms with Crippen molar-refractivity contribution in [3.8, 4) is 5.75 Å². The maximum Gasteiger partial charge on any atom is 0.534 e. The Labute approximate surface area is 156 Å². The van der Waals surface area contributed by atoms with Crippen LogP contribution in [0.15, 0.2) is 24.3 Å². The van der Waals surface area contributed by atoms with Crippen LogP contribution in [-0.2, 0) is 14.9 Å². The molecule has 1 fully saturated rings. The van der Waals surface area contributed by atoms with E-state index in [9.17, 15) is 26.4 Å². The van der Waals surface area contributed by atoms with Gasteiger partial charge in [-0.05, 0) is 63.5 Å². The number of likely N-dealkylation sites (tertiary alicyclic amines) is 1. The van der Waals surface area contributed by atoms with E-state index in [-0.39, 0.29) is 5.91 Å². The zero-order valence-electron chi connectivity index (χ0n) is 15.0. The van der Waals surface area contributed by atoms with Crippen molar-refractivity contribution in [2.45, 2.75) is 37.6 Å². The number of nitrogens with one attached hydrogen (secondary N) is 1. The Morgan fingerprint density at radius 3 is 2.37 bits per heavy atom. The fraction of sp³-hybridized carbons (Fsp3) is 0.588. The van der Waals surface area contributed by atoms with Crippen LogP contribution in [0.1, 0.15) is 37.7 Å². The minimum Gasteiger partial charge on any atom is -0.376 e. The van der Waals surface area contributed by atoms with Crippen molar-refractivity contribution in [2.24, 2.45) is 0 Å². The summed E-state index contributed by atoms with van der Waals surface area (Å²) < 4.78 is 62.9. The predicted molar refractivity (Wildman–Crippen MR) is 93.8 cm³/mol. The van der Waals surface area contributed by atoms with Gasteiger partial charge in [0, 0.05) is 6.54 Å². The number of amides is 1. The average molecular weight is 408 g/mol. The maximum absolute atomic E-state index is 12.3. The summed E-state index contributed by atoms with van der Waals surface area (Å²) in [5.74, 6) is -1.19. The first-order valence-corrected chi connectivity index (χ1v) is 10.1. The van der Waals surface area contributed by atoms with E-state index in [2.05, 4.69) is 14.4 Å². The van der Waals surface area contributed by atoms with Gasteiger partial charge in [0.15, 0.2) is 0 Å². The van der Waals surface area contributed by atoms with Crippen molar-refractivity contribution in [3.05, 3.63) is 29.8 Å². The van der Waals surface area contributed by atoms with Crippen molar-refractivity contribution in [2.75, 3.05) is 26.2 Å². The molecule has 10 heteroatoms. The highest BCUT2D eigenvalue weighted by atomic mass is 32.2. The van der Waals surface area contributed by atoms with Crippen LogP contribution in [0.4, 0.5) is 13.2 Å². The van der Waals surface area contributed by atoms with Crippen LogP contribution in [0.25, 0.3) is 0 Å². The molecule has 0 aliphatic carbocycles. The molecule has 0 spiro atoms. The summed E-state index contributed by atoms with van der Waals surface area (Å²) >= 11 is 0. The molecule has 1 amide bonds. The molecule has 0 bridgehead atoms. The molecule has 1 N–H and O–H groups in total. The zero-order chi connectivity index (χ0) is 20.1. The molecule has 1 aliphatic heterocycles. The van der Waals surface area contributed by atoms with Gasteiger partial charge < -0.3 is 14.4 Å². The summed E-state index contributed by atoms with van der Waals surface area (Å²) in [6.45, 7) is 5.35. The van der Waals surface area contributed by atoms with E-state index in [0.29, 0.717) is 12.1 Å². The highest BCUT2D eigenvalue weighted by Gasteiger charge is 2.48. The number of halogens is 3. The van der Waals surface area contributed by atoms with Crippen LogP contribution in [0, 0.1) is 0 Å². The molecule has 1 aromatic carbocycles. The maximum atomic E-state index is 12.3. The molecule has 2 rings (SSSR count). The normalized spacial score (nSPS) is 16.9. The van der Waals surface area contributed by atoms with Gasteiger partial charge in [0.25, 0.3) is 0 Å². The van der Waals surface area contributed by atoms with E-state index in [4.69, 9.17) is 0 Å². The Morgan fingerprint density at radius 2 is 1.81 bits per heavy atom. The van der Waals surface area contributed by atoms with Crippen LogP contribution in [0.3, 0.4) is 0 Å². The largest absolute Gasteiger partial charge is 0.534 e. The molecule has 1 aromatic rings. The Morgan fingerprint density at radius 1 is 1.22 bits per heavy atom. The molecule has 0 saturated carbocycles. The Bertz CT molecular complexity index is 730. The molecule has 0 unspecified atom stereocenters. The number of nitrogens with zero attached hydrogens (tertiary/aromatic N) is 1. The summed E-state index contributed by atoms with van der Waals surface area (Å²) in [5, 5.41) is 2.84. The summed E-state index contributed by atoms with van der Waals surface area (Å²) in [6, 6.07) is 4.93. The molecule has 1 heterocycles. The van der Waals surface area contributed by atoms with E-state index in [1.54, 1.807) is 6.92 Å². The van der Waals surface area contributed by atoms with Crippen LogP contribution in [-0.4, -0.2) is 50.9 Å². The van der Waals surface area contributed by atoms with Crippen molar-refractivity contribution in [1.82, 2.24) is 10.2 Å². The second-order valence-corrected chi connectivity index (χ2v) is 8.01. The van der Waals surface area contributed by atoms with Crippen LogP contribution in [0.5, 0.6) is 5.75 Å². The quantitative estimate of drug-likeness (QED) is 0.407. The highest BCUT2D eigenvalue weighted by molar-refractivity contribution is 7.88. The van der Waals surface area contributed by atoms with Gasteiger partial charge in [0.05, 0.1) is 5.92 Å². The standard InChI is InChI=1S/C17H23F3N2O4S/c1-13(16(23)21-9-4-12-22-10-2-3-11-22)14-5-7-15(8-6-14)26-27(24,25)17(18,19)20/h5-8,13H,2-4,9-12H2,1H3,(H,21,23)/t13-/m1/s1. The first-order valence-electron chi connectivity index (χ1n) is 8.71. The second kappa shape index (κ2) is 8.92. The van der Waals surface area contributed by atoms with Gasteiger partial charge in [-0.3, -0.25) is 4.79 Å². The Balaban J connectivity index is 1.83. The smallest absolute Gasteiger partial charge is 0.376 e. The van der Waals surface area contributed by atoms with E-state index < -0.39 is 27.3 Å². The van der Waals surface area contributed by atoms with Crippen molar-refractivity contribution >= 4 is 16.0 Å². The third-order valence-corrected chi connectivity index (χ3v) is 5.39. The lowest BCUT2D eigenvalue weighted by Crippen LogP contribution is -2.31. The van der Waals surface area contributed by atoms with E-state index >= 15 is 0 Å². The fourth-order valence-corrected chi connectivity index (χ4v) is 3.27. The molecule has 27 heavy (non-hydrogen) atoms. The molecule has 152 valence electrons. The number of hydrogen-bond acceptors (Lipinski definition) is 5. The minimum absolute atomic E-state index is 0.201. The molecule has 1 atom stereocenters. The highest BCUT2D eigenvalue weighted by Crippen LogP contribution is 2.27. The topological polar surface area (TPSA) is 75.7 Å². The average Bonchev–Trinajstić information content (AvgIpc) is 3.10. The van der Waals surface area contributed by atoms with Gasteiger partial charge in [-0.25, -0.2) is 0 Å². The van der Waals surface area contributed by atoms with Gasteiger partial charge in [0.1, 0.15) is 5.75 Å². The fourth-order valence-electron chi connectivity index (χ4n) is 2.81. The molecular weight excluding hydrogens is 385 g/mol. The molecule has 1 aliphatic rings. The summed E-state index contributed by atoms with van der Waals surface area (Å²) in [4.78, 5) is 14.5. The number of rotatable bonds is 8. The van der Waals surface area contributed by atoms with E-state index in [0.717, 1.165) is 38.2 Å². The van der Waals surface area contributed by atoms with Gasteiger partial charge in [-0.15, -0.1) is 0 Å². The molecule has 0 radical (unpaired) electrons. The molecular formula is C17H23F3N2O4S. The Kier molecular flexibility index (Phi) is 7.10. The summed E-state index contributed by atoms with van der Waals surface area (Å²) in [6.07, 6.45) is 3.28. The van der Waals surface area contributed by atoms with E-state index in [1.807, 2.05) is 0 Å². The van der Waals surface area contributed by atoms with Crippen LogP contribution in [0.2, 0.25) is 0 Å². The van der Waals surface area contributed by atoms with Crippen molar-refractivity contribution in [1.29, 1.82) is 0 Å². The lowest BCUT2D eigenvalue weighted by atomic mass is 10.0. The van der Waals surface area contributed by atoms with Crippen LogP contribution >= 0.6 is 0 Å². The Hall–Kier alpha value is -1.81. The third kappa shape index (κ3) is 6.10. The summed E-state index contributed by atoms with van der Waals surface area (Å²) in [5.41, 5.74) is -4.95. The van der Waals surface area contributed by atoms with Gasteiger partial charge in [-0.1, -0.05) is 12.1 Å². The minimum atomic E-state index is -5.71. The monoisotopic (exact) mass is 408 g/mol. The lowest BCUT2D eigenvalue weighted by Gasteiger charge is -2.16. The molecule has 1 saturated heterocycles. The van der Waals surface area contributed by atoms with Crippen molar-refractivity contribution < 1.29 is 30.6 Å². The molecule has 0 aromatic heterocycles. The first kappa shape index (κ1) is 21.5. The number of hydrogen-bond donors (Lipinski definition) is 1.